The van der Waals surface area contributed by atoms with Crippen molar-refractivity contribution >= 4 is 0 Å². The van der Waals surface area contributed by atoms with E-state index in [1.165, 1.54) is 18.4 Å². The summed E-state index contributed by atoms with van der Waals surface area (Å²) in [7, 11) is 0. The Morgan fingerprint density at radius 3 is 2.61 bits per heavy atom. The Kier molecular flexibility index (Phi) is 3.36. The number of benzene rings is 1. The topological polar surface area (TPSA) is 0 Å². The lowest BCUT2D eigenvalue weighted by atomic mass is 9.80. The van der Waals surface area contributed by atoms with Gasteiger partial charge in [-0.25, -0.2) is 0 Å². The molecule has 0 saturated heterocycles. The van der Waals surface area contributed by atoms with Crippen LogP contribution in [-0.4, -0.2) is 0 Å². The molecule has 92 valence electrons. The zero-order valence-electron chi connectivity index (χ0n) is 10.9. The first-order chi connectivity index (χ1) is 8.90. The third-order valence-electron chi connectivity index (χ3n) is 4.25. The maximum absolute atomic E-state index is 3.81. The molecule has 2 radical (unpaired) electrons. The minimum absolute atomic E-state index is 0.508. The first-order valence-corrected chi connectivity index (χ1v) is 7.06. The number of allylic oxidation sites excluding steroid dienone is 4. The second-order valence-corrected chi connectivity index (χ2v) is 5.38. The molecule has 2 aliphatic carbocycles. The fourth-order valence-corrected chi connectivity index (χ4v) is 3.45. The second kappa shape index (κ2) is 5.14. The quantitative estimate of drug-likeness (QED) is 0.717. The van der Waals surface area contributed by atoms with Crippen LogP contribution in [0, 0.1) is 24.2 Å². The van der Waals surface area contributed by atoms with Gasteiger partial charge in [-0.15, -0.1) is 0 Å². The molecule has 18 heavy (non-hydrogen) atoms. The molecule has 1 saturated carbocycles. The number of hydrogen-bond acceptors (Lipinski definition) is 0. The van der Waals surface area contributed by atoms with Crippen molar-refractivity contribution in [2.45, 2.75) is 25.7 Å². The highest BCUT2D eigenvalue weighted by molar-refractivity contribution is 5.32. The third kappa shape index (κ3) is 2.05. The van der Waals surface area contributed by atoms with Gasteiger partial charge in [-0.3, -0.25) is 0 Å². The summed E-state index contributed by atoms with van der Waals surface area (Å²) in [4.78, 5) is 0. The van der Waals surface area contributed by atoms with Crippen LogP contribution in [0.2, 0.25) is 0 Å². The van der Waals surface area contributed by atoms with E-state index in [0.29, 0.717) is 17.8 Å². The molecule has 0 heteroatoms. The maximum atomic E-state index is 3.81. The largest absolute Gasteiger partial charge is 0.0805 e. The summed E-state index contributed by atoms with van der Waals surface area (Å²) in [6.07, 6.45) is 15.4. The molecule has 0 aromatic heterocycles. The number of fused-ring (bicyclic) bond motifs is 1. The molecule has 4 atom stereocenters. The van der Waals surface area contributed by atoms with E-state index in [2.05, 4.69) is 68.0 Å². The van der Waals surface area contributed by atoms with Gasteiger partial charge in [0.05, 0.1) is 0 Å². The van der Waals surface area contributed by atoms with Crippen LogP contribution >= 0.6 is 0 Å². The lowest BCUT2D eigenvalue weighted by Gasteiger charge is -2.24. The Hall–Kier alpha value is -1.30. The third-order valence-corrected chi connectivity index (χ3v) is 4.25. The molecule has 1 fully saturated rings. The van der Waals surface area contributed by atoms with Crippen molar-refractivity contribution in [1.82, 2.24) is 0 Å². The van der Waals surface area contributed by atoms with Gasteiger partial charge < -0.3 is 0 Å². The van der Waals surface area contributed by atoms with Gasteiger partial charge in [0.15, 0.2) is 0 Å². The molecule has 0 N–H and O–H groups in total. The summed E-state index contributed by atoms with van der Waals surface area (Å²) in [5.74, 6) is 2.43. The zero-order chi connectivity index (χ0) is 12.4. The van der Waals surface area contributed by atoms with Gasteiger partial charge in [0.2, 0.25) is 0 Å². The van der Waals surface area contributed by atoms with Crippen molar-refractivity contribution in [3.63, 3.8) is 0 Å². The highest BCUT2D eigenvalue weighted by Crippen LogP contribution is 2.50. The molecule has 0 bridgehead atoms. The molecule has 1 aromatic carbocycles. The summed E-state index contributed by atoms with van der Waals surface area (Å²) in [5, 5.41) is 0. The minimum atomic E-state index is 0.508. The van der Waals surface area contributed by atoms with Gasteiger partial charge in [0.1, 0.15) is 0 Å². The van der Waals surface area contributed by atoms with E-state index in [1.807, 2.05) is 0 Å². The van der Waals surface area contributed by atoms with Crippen LogP contribution in [0.5, 0.6) is 0 Å². The van der Waals surface area contributed by atoms with E-state index in [9.17, 15) is 0 Å². The first-order valence-electron chi connectivity index (χ1n) is 7.06. The van der Waals surface area contributed by atoms with E-state index in [4.69, 9.17) is 0 Å². The van der Waals surface area contributed by atoms with Gasteiger partial charge in [0.25, 0.3) is 0 Å². The summed E-state index contributed by atoms with van der Waals surface area (Å²) in [5.41, 5.74) is 1.44. The van der Waals surface area contributed by atoms with Crippen molar-refractivity contribution in [3.05, 3.63) is 66.6 Å². The Morgan fingerprint density at radius 2 is 1.83 bits per heavy atom. The van der Waals surface area contributed by atoms with Crippen molar-refractivity contribution < 1.29 is 0 Å². The van der Waals surface area contributed by atoms with Crippen LogP contribution < -0.4 is 0 Å². The lowest BCUT2D eigenvalue weighted by Crippen LogP contribution is -2.15. The molecule has 4 unspecified atom stereocenters. The smallest absolute Gasteiger partial charge is 0.000879 e. The van der Waals surface area contributed by atoms with Crippen molar-refractivity contribution in [1.29, 1.82) is 0 Å². The Bertz CT molecular complexity index is 440. The van der Waals surface area contributed by atoms with Crippen molar-refractivity contribution in [2.24, 2.45) is 17.8 Å². The van der Waals surface area contributed by atoms with Crippen LogP contribution in [0.3, 0.4) is 0 Å². The van der Waals surface area contributed by atoms with Gasteiger partial charge >= 0.3 is 0 Å². The van der Waals surface area contributed by atoms with E-state index in [-0.39, 0.29) is 0 Å². The first kappa shape index (κ1) is 11.8. The highest BCUT2D eigenvalue weighted by Gasteiger charge is 2.41. The van der Waals surface area contributed by atoms with E-state index >= 15 is 0 Å². The van der Waals surface area contributed by atoms with Crippen molar-refractivity contribution in [2.75, 3.05) is 0 Å². The van der Waals surface area contributed by atoms with Gasteiger partial charge in [-0.2, -0.15) is 0 Å². The summed E-state index contributed by atoms with van der Waals surface area (Å²) < 4.78 is 0. The predicted octanol–water partition coefficient (Wildman–Crippen LogP) is 4.64. The average molecular weight is 236 g/mol. The molecule has 2 aliphatic rings. The molecule has 0 aliphatic heterocycles. The molecule has 0 spiro atoms. The van der Waals surface area contributed by atoms with E-state index in [1.54, 1.807) is 0 Å². The normalized spacial score (nSPS) is 33.6. The Morgan fingerprint density at radius 1 is 1.06 bits per heavy atom. The van der Waals surface area contributed by atoms with Crippen molar-refractivity contribution in [3.8, 4) is 0 Å². The maximum Gasteiger partial charge on any atom is -0.000879 e. The second-order valence-electron chi connectivity index (χ2n) is 5.38. The number of rotatable bonds is 3. The standard InChI is InChI=1S/C18H20/c1-2-8-17-16-12-7-6-11-15(16)13-18(17)14-9-4-3-5-10-14/h3-7,9-12,15-18H,2,8H2,1H3. The van der Waals surface area contributed by atoms with E-state index in [0.717, 1.165) is 5.92 Å². The van der Waals surface area contributed by atoms with Crippen LogP contribution in [0.15, 0.2) is 54.6 Å². The summed E-state index contributed by atoms with van der Waals surface area (Å²) in [6, 6.07) is 10.9. The summed E-state index contributed by atoms with van der Waals surface area (Å²) in [6.45, 7) is 2.29. The van der Waals surface area contributed by atoms with Crippen LogP contribution in [0.1, 0.15) is 31.2 Å². The molecule has 3 rings (SSSR count). The monoisotopic (exact) mass is 236 g/mol. The highest BCUT2D eigenvalue weighted by atomic mass is 14.4. The van der Waals surface area contributed by atoms with Crippen LogP contribution in [-0.2, 0) is 0 Å². The Balaban J connectivity index is 1.89. The van der Waals surface area contributed by atoms with E-state index < -0.39 is 0 Å². The fourth-order valence-electron chi connectivity index (χ4n) is 3.45. The zero-order valence-corrected chi connectivity index (χ0v) is 10.9. The van der Waals surface area contributed by atoms with Gasteiger partial charge in [0, 0.05) is 0 Å². The molecule has 0 amide bonds. The molecular formula is C18H20. The van der Waals surface area contributed by atoms with Gasteiger partial charge in [-0.05, 0) is 42.1 Å². The average Bonchev–Trinajstić information content (AvgIpc) is 2.80. The fraction of sp³-hybridized carbons (Fsp3) is 0.389. The lowest BCUT2D eigenvalue weighted by molar-refractivity contribution is 0.367. The van der Waals surface area contributed by atoms with Crippen LogP contribution in [0.25, 0.3) is 0 Å². The SMILES string of the molecule is CCCC1C(c2ccccc2)[C]C2C=CC=CC21. The summed E-state index contributed by atoms with van der Waals surface area (Å²) >= 11 is 0. The molecule has 1 aromatic rings. The molecule has 0 heterocycles. The predicted molar refractivity (Wildman–Crippen MR) is 76.1 cm³/mol. The molecule has 0 nitrogen and oxygen atoms in total. The Labute approximate surface area is 110 Å². The number of hydrogen-bond donors (Lipinski definition) is 0. The van der Waals surface area contributed by atoms with Gasteiger partial charge in [-0.1, -0.05) is 68.0 Å². The molecular weight excluding hydrogens is 216 g/mol. The van der Waals surface area contributed by atoms with Crippen LogP contribution in [0.4, 0.5) is 0 Å². The minimum Gasteiger partial charge on any atom is -0.0805 e.